The number of aliphatic hydroxyl groups is 1. The van der Waals surface area contributed by atoms with Crippen molar-refractivity contribution in [1.82, 2.24) is 0 Å². The molecule has 0 unspecified atom stereocenters. The van der Waals surface area contributed by atoms with Crippen LogP contribution < -0.4 is 17.8 Å². The van der Waals surface area contributed by atoms with Crippen LogP contribution in [-0.4, -0.2) is 40.4 Å². The number of ether oxygens (including phenoxy) is 2. The molecule has 0 aliphatic rings. The molecule has 0 aliphatic heterocycles. The molecular weight excluding hydrogens is 735 g/mol. The molecule has 0 saturated carbocycles. The molecule has 0 atom stereocenters. The van der Waals surface area contributed by atoms with E-state index in [0.717, 1.165) is 16.7 Å². The van der Waals surface area contributed by atoms with Crippen LogP contribution in [0.1, 0.15) is 29.7 Å². The molecule has 10 nitrogen and oxygen atoms in total. The van der Waals surface area contributed by atoms with Crippen molar-refractivity contribution in [2.24, 2.45) is 0 Å². The number of halogens is 3. The van der Waals surface area contributed by atoms with Gasteiger partial charge in [0.2, 0.25) is 9.23 Å². The van der Waals surface area contributed by atoms with Crippen LogP contribution in [0.25, 0.3) is 0 Å². The zero-order valence-corrected chi connectivity index (χ0v) is 29.7. The Balaban J connectivity index is 0.000000414. The molecule has 0 amide bonds. The Labute approximate surface area is 292 Å². The molecule has 0 saturated heterocycles. The van der Waals surface area contributed by atoms with Crippen LogP contribution in [-0.2, 0) is 41.9 Å². The topological polar surface area (TPSA) is 142 Å². The summed E-state index contributed by atoms with van der Waals surface area (Å²) in [6.07, 6.45) is 0. The van der Waals surface area contributed by atoms with Crippen LogP contribution in [0, 0.1) is 13.8 Å². The van der Waals surface area contributed by atoms with Gasteiger partial charge in [0.1, 0.15) is 9.79 Å². The van der Waals surface area contributed by atoms with E-state index in [0.29, 0.717) is 11.3 Å². The van der Waals surface area contributed by atoms with E-state index < -0.39 is 29.5 Å². The van der Waals surface area contributed by atoms with Crippen molar-refractivity contribution in [2.75, 3.05) is 14.2 Å². The Hall–Kier alpha value is -3.04. The number of hydrogen-bond acceptors (Lipinski definition) is 10. The van der Waals surface area contributed by atoms with Crippen molar-refractivity contribution in [3.63, 3.8) is 0 Å². The summed E-state index contributed by atoms with van der Waals surface area (Å²) in [5.41, 5.74) is 3.20. The fraction of sp³-hybridized carbons (Fsp3) is 0.226. The fourth-order valence-electron chi connectivity index (χ4n) is 3.50. The van der Waals surface area contributed by atoms with Crippen LogP contribution in [0.15, 0.2) is 94.7 Å². The third-order valence-corrected chi connectivity index (χ3v) is 8.62. The number of methoxy groups -OCH3 is 2. The van der Waals surface area contributed by atoms with E-state index in [4.69, 9.17) is 38.8 Å². The van der Waals surface area contributed by atoms with Gasteiger partial charge in [-0.05, 0) is 73.5 Å². The van der Waals surface area contributed by atoms with Gasteiger partial charge in [-0.25, -0.2) is 4.21 Å². The normalized spacial score (nSPS) is 10.7. The van der Waals surface area contributed by atoms with E-state index in [9.17, 15) is 16.8 Å². The average Bonchev–Trinajstić information content (AvgIpc) is 3.01. The van der Waals surface area contributed by atoms with Gasteiger partial charge in [-0.2, -0.15) is 16.8 Å². The third-order valence-electron chi connectivity index (χ3n) is 5.81. The van der Waals surface area contributed by atoms with Gasteiger partial charge in [-0.3, -0.25) is 0 Å². The summed E-state index contributed by atoms with van der Waals surface area (Å²) in [5.74, 6) is 1.04. The molecule has 4 rings (SSSR count). The second kappa shape index (κ2) is 19.7. The molecule has 0 fully saturated rings. The van der Waals surface area contributed by atoms with E-state index in [1.807, 2.05) is 13.8 Å². The SMILES string of the molecule is C.COc1ccc(CCl)cc1OS(=O)(=O)c1ccc(C)cc1.COc1ccc(CO)cc1OS(=O)(=O)c1ccc(C)cc1.O=S(Cl)Cl. The second-order valence-electron chi connectivity index (χ2n) is 9.15. The monoisotopic (exact) mass is 768 g/mol. The quantitative estimate of drug-likeness (QED) is 0.0982. The fourth-order valence-corrected chi connectivity index (χ4v) is 5.53. The number of aliphatic hydroxyl groups excluding tert-OH is 1. The lowest BCUT2D eigenvalue weighted by atomic mass is 10.2. The molecule has 0 aliphatic carbocycles. The predicted molar refractivity (Wildman–Crippen MR) is 186 cm³/mol. The zero-order valence-electron chi connectivity index (χ0n) is 25.0. The maximum Gasteiger partial charge on any atom is 0.339 e. The van der Waals surface area contributed by atoms with E-state index in [1.165, 1.54) is 44.6 Å². The van der Waals surface area contributed by atoms with Crippen LogP contribution in [0.4, 0.5) is 0 Å². The molecule has 0 heterocycles. The molecule has 1 N–H and O–H groups in total. The minimum atomic E-state index is -3.95. The van der Waals surface area contributed by atoms with E-state index in [2.05, 4.69) is 21.4 Å². The summed E-state index contributed by atoms with van der Waals surface area (Å²) < 4.78 is 78.6. The second-order valence-corrected chi connectivity index (χ2v) is 15.0. The third kappa shape index (κ3) is 13.5. The van der Waals surface area contributed by atoms with Crippen LogP contribution in [0.3, 0.4) is 0 Å². The lowest BCUT2D eigenvalue weighted by molar-refractivity contribution is 0.281. The molecule has 258 valence electrons. The highest BCUT2D eigenvalue weighted by molar-refractivity contribution is 8.26. The lowest BCUT2D eigenvalue weighted by Crippen LogP contribution is -2.10. The van der Waals surface area contributed by atoms with Crippen molar-refractivity contribution in [3.8, 4) is 23.0 Å². The van der Waals surface area contributed by atoms with Crippen LogP contribution in [0.2, 0.25) is 0 Å². The summed E-state index contributed by atoms with van der Waals surface area (Å²) in [5, 5.41) is 9.13. The molecule has 0 bridgehead atoms. The molecular formula is C31H35Cl3O10S3. The molecule has 4 aromatic carbocycles. The van der Waals surface area contributed by atoms with Gasteiger partial charge in [-0.15, -0.1) is 11.6 Å². The number of aryl methyl sites for hydroxylation is 2. The van der Waals surface area contributed by atoms with Crippen molar-refractivity contribution >= 4 is 62.4 Å². The summed E-state index contributed by atoms with van der Waals surface area (Å²) in [6.45, 7) is 3.53. The van der Waals surface area contributed by atoms with Gasteiger partial charge in [0, 0.05) is 27.2 Å². The maximum atomic E-state index is 12.3. The van der Waals surface area contributed by atoms with E-state index >= 15 is 0 Å². The highest BCUT2D eigenvalue weighted by Crippen LogP contribution is 2.32. The number of rotatable bonds is 10. The van der Waals surface area contributed by atoms with Gasteiger partial charge in [0.05, 0.1) is 20.8 Å². The number of benzene rings is 4. The van der Waals surface area contributed by atoms with E-state index in [-0.39, 0.29) is 47.0 Å². The van der Waals surface area contributed by atoms with Gasteiger partial charge in [-0.1, -0.05) is 55.0 Å². The van der Waals surface area contributed by atoms with Crippen LogP contribution in [0.5, 0.6) is 23.0 Å². The highest BCUT2D eigenvalue weighted by Gasteiger charge is 2.20. The molecule has 0 aromatic heterocycles. The number of hydrogen-bond donors (Lipinski definition) is 1. The van der Waals surface area contributed by atoms with Gasteiger partial charge in [0.25, 0.3) is 0 Å². The predicted octanol–water partition coefficient (Wildman–Crippen LogP) is 7.45. The first kappa shape index (κ1) is 42.0. The van der Waals surface area contributed by atoms with Gasteiger partial charge in [0.15, 0.2) is 23.0 Å². The maximum absolute atomic E-state index is 12.3. The molecule has 0 radical (unpaired) electrons. The van der Waals surface area contributed by atoms with Crippen molar-refractivity contribution < 1.29 is 44.0 Å². The molecule has 47 heavy (non-hydrogen) atoms. The Morgan fingerprint density at radius 2 is 0.979 bits per heavy atom. The molecule has 4 aromatic rings. The molecule has 0 spiro atoms. The minimum Gasteiger partial charge on any atom is -0.493 e. The summed E-state index contributed by atoms with van der Waals surface area (Å²) >= 11 is 5.75. The van der Waals surface area contributed by atoms with Crippen molar-refractivity contribution in [3.05, 3.63) is 107 Å². The molecule has 16 heteroatoms. The summed E-state index contributed by atoms with van der Waals surface area (Å²) in [7, 11) is 2.36. The highest BCUT2D eigenvalue weighted by atomic mass is 36.0. The Kier molecular flexibility index (Phi) is 17.6. The largest absolute Gasteiger partial charge is 0.493 e. The zero-order chi connectivity index (χ0) is 34.5. The first-order valence-electron chi connectivity index (χ1n) is 12.9. The summed E-state index contributed by atoms with van der Waals surface area (Å²) in [4.78, 5) is 0.149. The Morgan fingerprint density at radius 3 is 1.30 bits per heavy atom. The minimum absolute atomic E-state index is 0. The average molecular weight is 770 g/mol. The van der Waals surface area contributed by atoms with Crippen molar-refractivity contribution in [2.45, 2.75) is 43.6 Å². The Morgan fingerprint density at radius 1 is 0.638 bits per heavy atom. The Bertz CT molecular complexity index is 1680. The van der Waals surface area contributed by atoms with Gasteiger partial charge >= 0.3 is 20.2 Å². The van der Waals surface area contributed by atoms with Crippen LogP contribution >= 0.6 is 33.0 Å². The van der Waals surface area contributed by atoms with E-state index in [1.54, 1.807) is 54.6 Å². The first-order chi connectivity index (χ1) is 21.6. The van der Waals surface area contributed by atoms with Gasteiger partial charge < -0.3 is 22.9 Å². The van der Waals surface area contributed by atoms with Crippen molar-refractivity contribution in [1.29, 1.82) is 0 Å². The lowest BCUT2D eigenvalue weighted by Gasteiger charge is -2.12. The number of alkyl halides is 1. The smallest absolute Gasteiger partial charge is 0.339 e. The first-order valence-corrected chi connectivity index (χ1v) is 19.1. The summed E-state index contributed by atoms with van der Waals surface area (Å²) in [6, 6.07) is 22.3. The standard InChI is InChI=1S/C15H15ClO4S.C15H16O5S.CH4.Cl2OS/c2*1-11-3-6-13(7-4-11)21(17,18)20-15-9-12(10-16)5-8-14(15)19-2;;1-4(2)3/h3-9H,10H2,1-2H3;3-9,16H,10H2,1-2H3;1H4;.